The van der Waals surface area contributed by atoms with E-state index < -0.39 is 0 Å². The number of rotatable bonds is 9. The molecule has 0 aromatic heterocycles. The van der Waals surface area contributed by atoms with E-state index in [4.69, 9.17) is 5.11 Å². The molecule has 0 radical (unpaired) electrons. The molecule has 0 saturated heterocycles. The van der Waals surface area contributed by atoms with Gasteiger partial charge >= 0.3 is 0 Å². The van der Waals surface area contributed by atoms with Crippen LogP contribution in [-0.4, -0.2) is 35.8 Å². The van der Waals surface area contributed by atoms with E-state index in [0.717, 1.165) is 25.1 Å². The minimum Gasteiger partial charge on any atom is -0.395 e. The van der Waals surface area contributed by atoms with Gasteiger partial charge in [0, 0.05) is 6.04 Å². The molecule has 0 aliphatic rings. The van der Waals surface area contributed by atoms with Gasteiger partial charge in [0.2, 0.25) is 0 Å². The second-order valence-corrected chi connectivity index (χ2v) is 4.46. The maximum atomic E-state index is 9.04. The largest absolute Gasteiger partial charge is 0.395 e. The summed E-state index contributed by atoms with van der Waals surface area (Å²) in [6, 6.07) is 0.310. The SMILES string of the molecule is CCCNC(CO)CCSCCC. The Hall–Kier alpha value is 0.270. The van der Waals surface area contributed by atoms with Crippen LogP contribution in [0.25, 0.3) is 0 Å². The lowest BCUT2D eigenvalue weighted by atomic mass is 10.2. The quantitative estimate of drug-likeness (QED) is 0.564. The Bertz CT molecular complexity index is 101. The summed E-state index contributed by atoms with van der Waals surface area (Å²) < 4.78 is 0. The molecule has 0 bridgehead atoms. The summed E-state index contributed by atoms with van der Waals surface area (Å²) in [7, 11) is 0. The molecule has 2 N–H and O–H groups in total. The monoisotopic (exact) mass is 205 g/mol. The van der Waals surface area contributed by atoms with E-state index in [1.54, 1.807) is 0 Å². The first-order valence-corrected chi connectivity index (χ1v) is 6.42. The van der Waals surface area contributed by atoms with Crippen molar-refractivity contribution in [3.8, 4) is 0 Å². The van der Waals surface area contributed by atoms with Gasteiger partial charge in [0.15, 0.2) is 0 Å². The average Bonchev–Trinajstić information content (AvgIpc) is 2.17. The van der Waals surface area contributed by atoms with Gasteiger partial charge in [-0.05, 0) is 37.3 Å². The minimum absolute atomic E-state index is 0.271. The smallest absolute Gasteiger partial charge is 0.0584 e. The number of hydrogen-bond donors (Lipinski definition) is 2. The normalized spacial score (nSPS) is 13.2. The number of aliphatic hydroxyl groups excluding tert-OH is 1. The first-order valence-electron chi connectivity index (χ1n) is 5.27. The molecular weight excluding hydrogens is 182 g/mol. The van der Waals surface area contributed by atoms with Crippen LogP contribution in [0.15, 0.2) is 0 Å². The van der Waals surface area contributed by atoms with Gasteiger partial charge in [-0.2, -0.15) is 11.8 Å². The number of nitrogens with one attached hydrogen (secondary N) is 1. The van der Waals surface area contributed by atoms with Crippen LogP contribution in [0.3, 0.4) is 0 Å². The first-order chi connectivity index (χ1) is 6.35. The first kappa shape index (κ1) is 13.3. The van der Waals surface area contributed by atoms with Gasteiger partial charge < -0.3 is 10.4 Å². The lowest BCUT2D eigenvalue weighted by Gasteiger charge is -2.14. The van der Waals surface area contributed by atoms with Gasteiger partial charge in [-0.15, -0.1) is 0 Å². The van der Waals surface area contributed by atoms with Crippen LogP contribution < -0.4 is 5.32 Å². The predicted molar refractivity (Wildman–Crippen MR) is 61.4 cm³/mol. The fraction of sp³-hybridized carbons (Fsp3) is 1.00. The minimum atomic E-state index is 0.271. The van der Waals surface area contributed by atoms with Gasteiger partial charge in [-0.25, -0.2) is 0 Å². The molecule has 0 rings (SSSR count). The molecule has 0 saturated carbocycles. The summed E-state index contributed by atoms with van der Waals surface area (Å²) in [5.74, 6) is 2.40. The molecular formula is C10H23NOS. The molecule has 13 heavy (non-hydrogen) atoms. The second kappa shape index (κ2) is 10.4. The summed E-state index contributed by atoms with van der Waals surface area (Å²) in [5.41, 5.74) is 0. The van der Waals surface area contributed by atoms with Crippen LogP contribution in [0, 0.1) is 0 Å². The van der Waals surface area contributed by atoms with E-state index in [1.807, 2.05) is 11.8 Å². The molecule has 80 valence electrons. The third-order valence-corrected chi connectivity index (χ3v) is 3.08. The van der Waals surface area contributed by atoms with Gasteiger partial charge in [0.25, 0.3) is 0 Å². The van der Waals surface area contributed by atoms with E-state index >= 15 is 0 Å². The molecule has 1 unspecified atom stereocenters. The lowest BCUT2D eigenvalue weighted by molar-refractivity contribution is 0.240. The van der Waals surface area contributed by atoms with Crippen molar-refractivity contribution in [2.45, 2.75) is 39.2 Å². The molecule has 0 amide bonds. The topological polar surface area (TPSA) is 32.3 Å². The van der Waals surface area contributed by atoms with Crippen LogP contribution >= 0.6 is 11.8 Å². The fourth-order valence-corrected chi connectivity index (χ4v) is 2.02. The maximum absolute atomic E-state index is 9.04. The standard InChI is InChI=1S/C10H23NOS/c1-3-6-11-10(9-12)5-8-13-7-4-2/h10-12H,3-9H2,1-2H3. The molecule has 2 nitrogen and oxygen atoms in total. The summed E-state index contributed by atoms with van der Waals surface area (Å²) in [6.45, 7) is 5.63. The van der Waals surface area contributed by atoms with E-state index in [2.05, 4.69) is 19.2 Å². The summed E-state index contributed by atoms with van der Waals surface area (Å²) in [5, 5.41) is 12.4. The van der Waals surface area contributed by atoms with E-state index in [0.29, 0.717) is 6.04 Å². The zero-order chi connectivity index (χ0) is 9.94. The highest BCUT2D eigenvalue weighted by Gasteiger charge is 2.04. The van der Waals surface area contributed by atoms with Crippen molar-refractivity contribution in [1.82, 2.24) is 5.32 Å². The van der Waals surface area contributed by atoms with Crippen LogP contribution in [0.5, 0.6) is 0 Å². The highest BCUT2D eigenvalue weighted by atomic mass is 32.2. The van der Waals surface area contributed by atoms with Crippen LogP contribution in [0.2, 0.25) is 0 Å². The Morgan fingerprint density at radius 2 is 2.00 bits per heavy atom. The third kappa shape index (κ3) is 8.60. The Balaban J connectivity index is 3.25. The van der Waals surface area contributed by atoms with Crippen molar-refractivity contribution in [3.63, 3.8) is 0 Å². The number of thioether (sulfide) groups is 1. The summed E-state index contributed by atoms with van der Waals surface area (Å²) in [4.78, 5) is 0. The zero-order valence-electron chi connectivity index (χ0n) is 8.88. The zero-order valence-corrected chi connectivity index (χ0v) is 9.70. The van der Waals surface area contributed by atoms with Gasteiger partial charge in [0.1, 0.15) is 0 Å². The van der Waals surface area contributed by atoms with Crippen LogP contribution in [-0.2, 0) is 0 Å². The highest BCUT2D eigenvalue weighted by Crippen LogP contribution is 2.06. The lowest BCUT2D eigenvalue weighted by Crippen LogP contribution is -2.33. The molecule has 0 aliphatic heterocycles. The average molecular weight is 205 g/mol. The predicted octanol–water partition coefficient (Wildman–Crippen LogP) is 1.88. The highest BCUT2D eigenvalue weighted by molar-refractivity contribution is 7.99. The molecule has 0 aliphatic carbocycles. The van der Waals surface area contributed by atoms with Crippen LogP contribution in [0.4, 0.5) is 0 Å². The molecule has 0 heterocycles. The van der Waals surface area contributed by atoms with Gasteiger partial charge in [-0.3, -0.25) is 0 Å². The summed E-state index contributed by atoms with van der Waals surface area (Å²) >= 11 is 1.98. The van der Waals surface area contributed by atoms with Crippen molar-refractivity contribution in [1.29, 1.82) is 0 Å². The van der Waals surface area contributed by atoms with Crippen molar-refractivity contribution >= 4 is 11.8 Å². The van der Waals surface area contributed by atoms with Crippen molar-refractivity contribution in [2.24, 2.45) is 0 Å². The van der Waals surface area contributed by atoms with Gasteiger partial charge in [-0.1, -0.05) is 13.8 Å². The van der Waals surface area contributed by atoms with Crippen molar-refractivity contribution < 1.29 is 5.11 Å². The van der Waals surface area contributed by atoms with Crippen molar-refractivity contribution in [2.75, 3.05) is 24.7 Å². The Morgan fingerprint density at radius 3 is 2.54 bits per heavy atom. The second-order valence-electron chi connectivity index (χ2n) is 3.23. The third-order valence-electron chi connectivity index (χ3n) is 1.86. The Kier molecular flexibility index (Phi) is 10.6. The molecule has 0 spiro atoms. The number of aliphatic hydroxyl groups is 1. The van der Waals surface area contributed by atoms with Gasteiger partial charge in [0.05, 0.1) is 6.61 Å². The Morgan fingerprint density at radius 1 is 1.23 bits per heavy atom. The summed E-state index contributed by atoms with van der Waals surface area (Å²) in [6.07, 6.45) is 3.47. The maximum Gasteiger partial charge on any atom is 0.0584 e. The number of hydrogen-bond acceptors (Lipinski definition) is 3. The van der Waals surface area contributed by atoms with E-state index in [-0.39, 0.29) is 6.61 Å². The van der Waals surface area contributed by atoms with Crippen molar-refractivity contribution in [3.05, 3.63) is 0 Å². The van der Waals surface area contributed by atoms with E-state index in [9.17, 15) is 0 Å². The molecule has 0 aromatic carbocycles. The van der Waals surface area contributed by atoms with E-state index in [1.165, 1.54) is 12.2 Å². The fourth-order valence-electron chi connectivity index (χ4n) is 1.08. The Labute approximate surface area is 86.5 Å². The molecule has 1 atom stereocenters. The van der Waals surface area contributed by atoms with Crippen LogP contribution in [0.1, 0.15) is 33.1 Å². The molecule has 0 aromatic rings. The molecule has 0 fully saturated rings. The molecule has 3 heteroatoms.